The smallest absolute Gasteiger partial charge is 0.191 e. The zero-order valence-electron chi connectivity index (χ0n) is 18.1. The third-order valence-corrected chi connectivity index (χ3v) is 6.01. The van der Waals surface area contributed by atoms with Gasteiger partial charge < -0.3 is 15.5 Å². The fourth-order valence-corrected chi connectivity index (χ4v) is 4.10. The van der Waals surface area contributed by atoms with Crippen LogP contribution in [0.25, 0.3) is 0 Å². The quantitative estimate of drug-likeness (QED) is 0.210. The lowest BCUT2D eigenvalue weighted by Gasteiger charge is -2.36. The van der Waals surface area contributed by atoms with E-state index in [2.05, 4.69) is 25.4 Å². The van der Waals surface area contributed by atoms with Crippen molar-refractivity contribution in [1.29, 1.82) is 0 Å². The summed E-state index contributed by atoms with van der Waals surface area (Å²) in [5.41, 5.74) is 0.689. The van der Waals surface area contributed by atoms with Crippen LogP contribution in [0.3, 0.4) is 0 Å². The number of guanidine groups is 1. The Balaban J connectivity index is 0.00000450. The monoisotopic (exact) mass is 555 g/mol. The Morgan fingerprint density at radius 1 is 1.23 bits per heavy atom. The van der Waals surface area contributed by atoms with Crippen molar-refractivity contribution in [2.75, 3.05) is 63.2 Å². The van der Waals surface area contributed by atoms with E-state index < -0.39 is 9.84 Å². The number of piperazine rings is 1. The summed E-state index contributed by atoms with van der Waals surface area (Å²) in [6.45, 7) is 7.20. The molecule has 1 aliphatic heterocycles. The van der Waals surface area contributed by atoms with Crippen molar-refractivity contribution >= 4 is 45.5 Å². The molecule has 0 amide bonds. The molecule has 172 valence electrons. The number of sulfone groups is 1. The Kier molecular flexibility index (Phi) is 11.9. The normalized spacial score (nSPS) is 16.7. The van der Waals surface area contributed by atoms with E-state index >= 15 is 0 Å². The first-order valence-corrected chi connectivity index (χ1v) is 12.2. The van der Waals surface area contributed by atoms with Crippen LogP contribution in [0.4, 0.5) is 10.1 Å². The predicted octanol–water partition coefficient (Wildman–Crippen LogP) is 1.94. The molecule has 2 N–H and O–H groups in total. The highest BCUT2D eigenvalue weighted by molar-refractivity contribution is 14.0. The highest BCUT2D eigenvalue weighted by Gasteiger charge is 2.18. The molecule has 0 aromatic heterocycles. The van der Waals surface area contributed by atoms with Crippen LogP contribution < -0.4 is 15.5 Å². The molecule has 7 nitrogen and oxygen atoms in total. The molecule has 1 aromatic rings. The van der Waals surface area contributed by atoms with E-state index in [0.29, 0.717) is 18.1 Å². The maximum atomic E-state index is 13.9. The van der Waals surface area contributed by atoms with Crippen molar-refractivity contribution in [3.8, 4) is 0 Å². The zero-order valence-corrected chi connectivity index (χ0v) is 21.3. The third kappa shape index (κ3) is 9.78. The minimum Gasteiger partial charge on any atom is -0.367 e. The average molecular weight is 556 g/mol. The zero-order chi connectivity index (χ0) is 21.3. The Hall–Kier alpha value is -1.14. The fourth-order valence-electron chi connectivity index (χ4n) is 3.32. The average Bonchev–Trinajstić information content (AvgIpc) is 2.69. The van der Waals surface area contributed by atoms with Crippen LogP contribution in [0.15, 0.2) is 29.3 Å². The summed E-state index contributed by atoms with van der Waals surface area (Å²) >= 11 is 0. The predicted molar refractivity (Wildman–Crippen MR) is 133 cm³/mol. The molecule has 0 spiro atoms. The van der Waals surface area contributed by atoms with Gasteiger partial charge in [0.1, 0.15) is 15.7 Å². The van der Waals surface area contributed by atoms with Crippen molar-refractivity contribution in [3.63, 3.8) is 0 Å². The number of aliphatic imine (C=N–C) groups is 1. The lowest BCUT2D eigenvalue weighted by Crippen LogP contribution is -2.47. The Morgan fingerprint density at radius 2 is 1.90 bits per heavy atom. The maximum Gasteiger partial charge on any atom is 0.191 e. The number of nitrogens with one attached hydrogen (secondary N) is 2. The van der Waals surface area contributed by atoms with Gasteiger partial charge in [-0.3, -0.25) is 9.89 Å². The van der Waals surface area contributed by atoms with Gasteiger partial charge in [-0.2, -0.15) is 0 Å². The van der Waals surface area contributed by atoms with E-state index in [0.717, 1.165) is 45.7 Å². The molecule has 0 bridgehead atoms. The van der Waals surface area contributed by atoms with Crippen LogP contribution in [0.2, 0.25) is 0 Å². The molecular weight excluding hydrogens is 520 g/mol. The van der Waals surface area contributed by atoms with Gasteiger partial charge in [-0.25, -0.2) is 12.8 Å². The number of anilines is 1. The Morgan fingerprint density at radius 3 is 2.50 bits per heavy atom. The second-order valence-electron chi connectivity index (χ2n) is 7.60. The molecule has 1 fully saturated rings. The van der Waals surface area contributed by atoms with Crippen LogP contribution in [-0.2, 0) is 9.84 Å². The first-order valence-electron chi connectivity index (χ1n) is 10.1. The SMILES string of the molecule is CN=C(NCCCN1CCN(c2ccccc2F)CC1)NC(C)CCS(C)(=O)=O.I. The number of rotatable bonds is 9. The number of halogens is 2. The molecule has 1 heterocycles. The molecule has 1 atom stereocenters. The summed E-state index contributed by atoms with van der Waals surface area (Å²) in [7, 11) is -1.24. The molecule has 2 rings (SSSR count). The summed E-state index contributed by atoms with van der Waals surface area (Å²) < 4.78 is 36.5. The van der Waals surface area contributed by atoms with Gasteiger partial charge in [-0.05, 0) is 38.4 Å². The van der Waals surface area contributed by atoms with Crippen molar-refractivity contribution in [1.82, 2.24) is 15.5 Å². The largest absolute Gasteiger partial charge is 0.367 e. The summed E-state index contributed by atoms with van der Waals surface area (Å²) in [5, 5.41) is 6.51. The molecule has 0 saturated carbocycles. The maximum absolute atomic E-state index is 13.9. The second kappa shape index (κ2) is 13.3. The van der Waals surface area contributed by atoms with Crippen LogP contribution in [0.5, 0.6) is 0 Å². The van der Waals surface area contributed by atoms with Crippen molar-refractivity contribution in [3.05, 3.63) is 30.1 Å². The van der Waals surface area contributed by atoms with Gasteiger partial charge in [0.15, 0.2) is 5.96 Å². The Labute approximate surface area is 197 Å². The van der Waals surface area contributed by atoms with Crippen LogP contribution in [0.1, 0.15) is 19.8 Å². The first kappa shape index (κ1) is 26.9. The molecule has 1 unspecified atom stereocenters. The van der Waals surface area contributed by atoms with E-state index in [9.17, 15) is 12.8 Å². The lowest BCUT2D eigenvalue weighted by atomic mass is 10.2. The van der Waals surface area contributed by atoms with E-state index in [1.54, 1.807) is 13.1 Å². The minimum absolute atomic E-state index is 0. The van der Waals surface area contributed by atoms with Crippen molar-refractivity contribution in [2.24, 2.45) is 4.99 Å². The van der Waals surface area contributed by atoms with E-state index in [1.807, 2.05) is 19.1 Å². The van der Waals surface area contributed by atoms with Crippen LogP contribution in [0, 0.1) is 5.82 Å². The van der Waals surface area contributed by atoms with E-state index in [1.165, 1.54) is 12.3 Å². The summed E-state index contributed by atoms with van der Waals surface area (Å²) in [5.74, 6) is 0.696. The second-order valence-corrected chi connectivity index (χ2v) is 9.86. The van der Waals surface area contributed by atoms with Gasteiger partial charge in [0, 0.05) is 52.1 Å². The number of hydrogen-bond donors (Lipinski definition) is 2. The fraction of sp³-hybridized carbons (Fsp3) is 0.650. The summed E-state index contributed by atoms with van der Waals surface area (Å²) in [6, 6.07) is 6.97. The molecule has 30 heavy (non-hydrogen) atoms. The molecular formula is C20H35FIN5O2S. The van der Waals surface area contributed by atoms with E-state index in [4.69, 9.17) is 0 Å². The number of nitrogens with zero attached hydrogens (tertiary/aromatic N) is 3. The molecule has 0 aliphatic carbocycles. The summed E-state index contributed by atoms with van der Waals surface area (Å²) in [4.78, 5) is 8.70. The van der Waals surface area contributed by atoms with Gasteiger partial charge in [0.2, 0.25) is 0 Å². The molecule has 10 heteroatoms. The lowest BCUT2D eigenvalue weighted by molar-refractivity contribution is 0.254. The van der Waals surface area contributed by atoms with Gasteiger partial charge in [0.05, 0.1) is 11.4 Å². The van der Waals surface area contributed by atoms with Crippen LogP contribution >= 0.6 is 24.0 Å². The van der Waals surface area contributed by atoms with Crippen LogP contribution in [-0.4, -0.2) is 83.6 Å². The third-order valence-electron chi connectivity index (χ3n) is 5.04. The Bertz CT molecular complexity index is 770. The summed E-state index contributed by atoms with van der Waals surface area (Å²) in [6.07, 6.45) is 2.77. The van der Waals surface area contributed by atoms with Gasteiger partial charge in [-0.1, -0.05) is 12.1 Å². The highest BCUT2D eigenvalue weighted by Crippen LogP contribution is 2.20. The molecule has 1 aliphatic rings. The van der Waals surface area contributed by atoms with Crippen molar-refractivity contribution in [2.45, 2.75) is 25.8 Å². The van der Waals surface area contributed by atoms with Gasteiger partial charge in [-0.15, -0.1) is 24.0 Å². The topological polar surface area (TPSA) is 77.0 Å². The number of benzene rings is 1. The van der Waals surface area contributed by atoms with Gasteiger partial charge >= 0.3 is 0 Å². The highest BCUT2D eigenvalue weighted by atomic mass is 127. The number of para-hydroxylation sites is 1. The molecule has 1 aromatic carbocycles. The molecule has 0 radical (unpaired) electrons. The minimum atomic E-state index is -2.95. The van der Waals surface area contributed by atoms with Crippen molar-refractivity contribution < 1.29 is 12.8 Å². The molecule has 1 saturated heterocycles. The van der Waals surface area contributed by atoms with E-state index in [-0.39, 0.29) is 41.6 Å². The first-order chi connectivity index (χ1) is 13.8. The standard InChI is InChI=1S/C20H34FN5O2S.HI/c1-17(9-16-29(3,27)28)24-20(22-2)23-10-6-11-25-12-14-26(15-13-25)19-8-5-4-7-18(19)21;/h4-5,7-8,17H,6,9-16H2,1-3H3,(H2,22,23,24);1H. The number of hydrogen-bond acceptors (Lipinski definition) is 5. The van der Waals surface area contributed by atoms with Gasteiger partial charge in [0.25, 0.3) is 0 Å².